The molecule has 0 radical (unpaired) electrons. The van der Waals surface area contributed by atoms with E-state index < -0.39 is 8.07 Å². The summed E-state index contributed by atoms with van der Waals surface area (Å²) in [7, 11) is -1.26. The molecule has 2 rings (SSSR count). The van der Waals surface area contributed by atoms with Gasteiger partial charge in [0.1, 0.15) is 8.07 Å². The number of benzene rings is 1. The lowest BCUT2D eigenvalue weighted by Gasteiger charge is -2.28. The fourth-order valence-electron chi connectivity index (χ4n) is 2.17. The fraction of sp³-hybridized carbons (Fsp3) is 0.500. The smallest absolute Gasteiger partial charge is 0.129 e. The molecule has 0 aromatic heterocycles. The van der Waals surface area contributed by atoms with E-state index in [1.54, 1.807) is 0 Å². The van der Waals surface area contributed by atoms with Crippen molar-refractivity contribution < 1.29 is 0 Å². The predicted octanol–water partition coefficient (Wildman–Crippen LogP) is 3.91. The van der Waals surface area contributed by atoms with E-state index in [1.165, 1.54) is 38.0 Å². The van der Waals surface area contributed by atoms with Crippen LogP contribution in [0.3, 0.4) is 0 Å². The van der Waals surface area contributed by atoms with Gasteiger partial charge in [-0.2, -0.15) is 0 Å². The molecule has 18 heavy (non-hydrogen) atoms. The first kappa shape index (κ1) is 13.2. The second-order valence-corrected chi connectivity index (χ2v) is 10.8. The molecule has 0 saturated carbocycles. The summed E-state index contributed by atoms with van der Waals surface area (Å²) in [6.07, 6.45) is 4.05. The average Bonchev–Trinajstić information content (AvgIpc) is 2.37. The van der Waals surface area contributed by atoms with E-state index >= 15 is 0 Å². The summed E-state index contributed by atoms with van der Waals surface area (Å²) < 4.78 is 0. The molecule has 1 aliphatic rings. The molecule has 96 valence electrons. The lowest BCUT2D eigenvalue weighted by atomic mass is 10.1. The minimum atomic E-state index is -1.26. The third-order valence-corrected chi connectivity index (χ3v) is 4.05. The van der Waals surface area contributed by atoms with E-state index in [0.717, 1.165) is 5.56 Å². The number of nitrogens with zero attached hydrogens (tertiary/aromatic N) is 1. The zero-order chi connectivity index (χ0) is 13.0. The Morgan fingerprint density at radius 2 is 1.56 bits per heavy atom. The van der Waals surface area contributed by atoms with Crippen LogP contribution in [-0.4, -0.2) is 21.2 Å². The van der Waals surface area contributed by atoms with Crippen LogP contribution in [0.1, 0.15) is 24.8 Å². The maximum Gasteiger partial charge on any atom is 0.129 e. The van der Waals surface area contributed by atoms with Crippen LogP contribution in [0, 0.1) is 11.5 Å². The summed E-state index contributed by atoms with van der Waals surface area (Å²) in [5.41, 5.74) is 5.92. The second-order valence-electron chi connectivity index (χ2n) is 6.09. The molecular weight excluding hydrogens is 234 g/mol. The highest BCUT2D eigenvalue weighted by atomic mass is 28.3. The first-order valence-corrected chi connectivity index (χ1v) is 10.4. The van der Waals surface area contributed by atoms with Crippen molar-refractivity contribution in [2.45, 2.75) is 38.9 Å². The Morgan fingerprint density at radius 3 is 2.11 bits per heavy atom. The minimum Gasteiger partial charge on any atom is -0.372 e. The third-order valence-electron chi connectivity index (χ3n) is 3.17. The van der Waals surface area contributed by atoms with Gasteiger partial charge in [0.2, 0.25) is 0 Å². The van der Waals surface area contributed by atoms with Gasteiger partial charge in [-0.3, -0.25) is 0 Å². The molecule has 0 spiro atoms. The van der Waals surface area contributed by atoms with Crippen LogP contribution in [0.15, 0.2) is 24.3 Å². The van der Waals surface area contributed by atoms with Crippen LogP contribution >= 0.6 is 0 Å². The molecule has 0 aliphatic carbocycles. The van der Waals surface area contributed by atoms with Gasteiger partial charge in [-0.1, -0.05) is 25.6 Å². The van der Waals surface area contributed by atoms with Gasteiger partial charge in [0.25, 0.3) is 0 Å². The minimum absolute atomic E-state index is 1.15. The standard InChI is InChI=1S/C16H23NSi/c1-18(2,3)14-11-15-7-9-16(10-8-15)17-12-5-4-6-13-17/h7-10H,4-6,12-13H2,1-3H3. The van der Waals surface area contributed by atoms with Crippen molar-refractivity contribution in [3.8, 4) is 11.5 Å². The van der Waals surface area contributed by atoms with Crippen molar-refractivity contribution in [3.05, 3.63) is 29.8 Å². The molecule has 1 aliphatic heterocycles. The van der Waals surface area contributed by atoms with Gasteiger partial charge in [-0.05, 0) is 43.5 Å². The Morgan fingerprint density at radius 1 is 0.944 bits per heavy atom. The second kappa shape index (κ2) is 5.62. The largest absolute Gasteiger partial charge is 0.372 e. The number of anilines is 1. The molecule has 2 heteroatoms. The first-order chi connectivity index (χ1) is 8.54. The summed E-state index contributed by atoms with van der Waals surface area (Å²) in [5, 5.41) is 0. The summed E-state index contributed by atoms with van der Waals surface area (Å²) in [6, 6.07) is 8.77. The molecule has 1 saturated heterocycles. The van der Waals surface area contributed by atoms with Gasteiger partial charge in [-0.15, -0.1) is 5.54 Å². The number of hydrogen-bond acceptors (Lipinski definition) is 1. The Hall–Kier alpha value is -1.20. The topological polar surface area (TPSA) is 3.24 Å². The van der Waals surface area contributed by atoms with Gasteiger partial charge >= 0.3 is 0 Å². The molecule has 1 heterocycles. The highest BCUT2D eigenvalue weighted by molar-refractivity contribution is 6.83. The molecule has 1 nitrogen and oxygen atoms in total. The van der Waals surface area contributed by atoms with E-state index in [1.807, 2.05) is 0 Å². The lowest BCUT2D eigenvalue weighted by molar-refractivity contribution is 0.578. The zero-order valence-corrected chi connectivity index (χ0v) is 12.8. The molecule has 1 fully saturated rings. The maximum absolute atomic E-state index is 3.41. The highest BCUT2D eigenvalue weighted by Gasteiger charge is 2.10. The van der Waals surface area contributed by atoms with Crippen molar-refractivity contribution in [2.24, 2.45) is 0 Å². The van der Waals surface area contributed by atoms with Crippen LogP contribution in [0.4, 0.5) is 5.69 Å². The third kappa shape index (κ3) is 3.92. The van der Waals surface area contributed by atoms with E-state index in [4.69, 9.17) is 0 Å². The maximum atomic E-state index is 3.41. The van der Waals surface area contributed by atoms with Gasteiger partial charge in [0.05, 0.1) is 0 Å². The van der Waals surface area contributed by atoms with Crippen molar-refractivity contribution in [2.75, 3.05) is 18.0 Å². The zero-order valence-electron chi connectivity index (χ0n) is 11.8. The first-order valence-electron chi connectivity index (χ1n) is 6.93. The van der Waals surface area contributed by atoms with Crippen LogP contribution in [0.2, 0.25) is 19.6 Å². The quantitative estimate of drug-likeness (QED) is 0.545. The van der Waals surface area contributed by atoms with Gasteiger partial charge in [0, 0.05) is 24.3 Å². The monoisotopic (exact) mass is 257 g/mol. The lowest BCUT2D eigenvalue weighted by Crippen LogP contribution is -2.29. The van der Waals surface area contributed by atoms with E-state index in [-0.39, 0.29) is 0 Å². The normalized spacial score (nSPS) is 16.1. The molecule has 0 bridgehead atoms. The van der Waals surface area contributed by atoms with Gasteiger partial charge in [0.15, 0.2) is 0 Å². The average molecular weight is 257 g/mol. The van der Waals surface area contributed by atoms with E-state index in [2.05, 4.69) is 60.3 Å². The van der Waals surface area contributed by atoms with E-state index in [9.17, 15) is 0 Å². The SMILES string of the molecule is C[Si](C)(C)C#Cc1ccc(N2CCCCC2)cc1. The Balaban J connectivity index is 2.07. The highest BCUT2D eigenvalue weighted by Crippen LogP contribution is 2.19. The summed E-state index contributed by atoms with van der Waals surface area (Å²) in [6.45, 7) is 9.26. The molecule has 0 unspecified atom stereocenters. The van der Waals surface area contributed by atoms with Crippen molar-refractivity contribution in [1.29, 1.82) is 0 Å². The molecule has 1 aromatic carbocycles. The Kier molecular flexibility index (Phi) is 4.14. The fourth-order valence-corrected chi connectivity index (χ4v) is 2.69. The van der Waals surface area contributed by atoms with Crippen LogP contribution < -0.4 is 4.90 Å². The van der Waals surface area contributed by atoms with E-state index in [0.29, 0.717) is 0 Å². The van der Waals surface area contributed by atoms with Crippen molar-refractivity contribution in [1.82, 2.24) is 0 Å². The summed E-state index contributed by atoms with van der Waals surface area (Å²) in [5.74, 6) is 3.31. The number of hydrogen-bond donors (Lipinski definition) is 0. The molecule has 1 aromatic rings. The summed E-state index contributed by atoms with van der Waals surface area (Å²) in [4.78, 5) is 2.49. The van der Waals surface area contributed by atoms with Gasteiger partial charge < -0.3 is 4.90 Å². The van der Waals surface area contributed by atoms with Gasteiger partial charge in [-0.25, -0.2) is 0 Å². The molecule has 0 N–H and O–H groups in total. The number of rotatable bonds is 1. The Bertz CT molecular complexity index is 439. The Labute approximate surface area is 112 Å². The van der Waals surface area contributed by atoms with Crippen molar-refractivity contribution in [3.63, 3.8) is 0 Å². The van der Waals surface area contributed by atoms with Crippen molar-refractivity contribution >= 4 is 13.8 Å². The number of piperidine rings is 1. The van der Waals surface area contributed by atoms with Crippen LogP contribution in [0.25, 0.3) is 0 Å². The predicted molar refractivity (Wildman–Crippen MR) is 82.7 cm³/mol. The van der Waals surface area contributed by atoms with Crippen LogP contribution in [0.5, 0.6) is 0 Å². The molecule has 0 amide bonds. The summed E-state index contributed by atoms with van der Waals surface area (Å²) >= 11 is 0. The molecule has 0 atom stereocenters. The van der Waals surface area contributed by atoms with Crippen LogP contribution in [-0.2, 0) is 0 Å². The molecular formula is C16H23NSi.